The van der Waals surface area contributed by atoms with E-state index in [9.17, 15) is 14.9 Å². The van der Waals surface area contributed by atoms with E-state index in [0.29, 0.717) is 23.7 Å². The molecule has 0 aliphatic heterocycles. The summed E-state index contributed by atoms with van der Waals surface area (Å²) in [5, 5.41) is 12.0. The van der Waals surface area contributed by atoms with Crippen molar-refractivity contribution in [2.24, 2.45) is 11.7 Å². The molecule has 1 heterocycles. The zero-order valence-corrected chi connectivity index (χ0v) is 12.5. The summed E-state index contributed by atoms with van der Waals surface area (Å²) in [6, 6.07) is 1.91. The van der Waals surface area contributed by atoms with Crippen LogP contribution in [0.3, 0.4) is 0 Å². The third kappa shape index (κ3) is 3.24. The standard InChI is InChI=1S/C14H16N4O2S/c1-2-18-13(20)11(5-6-15)21-14(18)10(7-16)12(19)17-8-9-3-4-9/h6,9H,2-4,8,15H2,1H3,(H,17,19)/b14-10-. The molecule has 1 aliphatic rings. The van der Waals surface area contributed by atoms with Crippen LogP contribution in [0.4, 0.5) is 0 Å². The molecule has 1 amide bonds. The Balaban J connectivity index is 2.55. The van der Waals surface area contributed by atoms with Gasteiger partial charge in [0, 0.05) is 19.3 Å². The molecule has 0 aromatic carbocycles. The smallest absolute Gasteiger partial charge is 0.277 e. The maximum atomic E-state index is 12.1. The van der Waals surface area contributed by atoms with E-state index >= 15 is 0 Å². The Morgan fingerprint density at radius 3 is 2.86 bits per heavy atom. The van der Waals surface area contributed by atoms with Gasteiger partial charge in [-0.15, -0.1) is 11.3 Å². The highest BCUT2D eigenvalue weighted by Gasteiger charge is 2.23. The van der Waals surface area contributed by atoms with Gasteiger partial charge in [0.1, 0.15) is 15.3 Å². The molecule has 0 bridgehead atoms. The van der Waals surface area contributed by atoms with Gasteiger partial charge in [-0.2, -0.15) is 5.26 Å². The molecule has 6 nitrogen and oxygen atoms in total. The summed E-state index contributed by atoms with van der Waals surface area (Å²) in [6.45, 7) is 2.73. The summed E-state index contributed by atoms with van der Waals surface area (Å²) in [5.41, 5.74) is 7.56. The van der Waals surface area contributed by atoms with Crippen molar-refractivity contribution in [3.63, 3.8) is 0 Å². The number of nitrogens with one attached hydrogen (secondary N) is 1. The molecule has 0 radical (unpaired) electrons. The van der Waals surface area contributed by atoms with E-state index in [2.05, 4.69) is 11.0 Å². The Morgan fingerprint density at radius 1 is 1.62 bits per heavy atom. The minimum Gasteiger partial charge on any atom is -0.398 e. The number of aromatic nitrogens is 1. The zero-order valence-electron chi connectivity index (χ0n) is 11.7. The summed E-state index contributed by atoms with van der Waals surface area (Å²) in [5.74, 6) is 0.0887. The third-order valence-corrected chi connectivity index (χ3v) is 4.33. The molecular weight excluding hydrogens is 288 g/mol. The number of hydrogen-bond acceptors (Lipinski definition) is 5. The molecule has 1 saturated carbocycles. The number of nitrogens with two attached hydrogens (primary N) is 1. The van der Waals surface area contributed by atoms with Gasteiger partial charge in [-0.05, 0) is 25.7 Å². The predicted octanol–water partition coefficient (Wildman–Crippen LogP) is -1.02. The number of hydrogen-bond donors (Lipinski definition) is 2. The van der Waals surface area contributed by atoms with Crippen LogP contribution in [0.2, 0.25) is 0 Å². The SMILES string of the molecule is CCn1c(=O)c(=C=CN)s/c1=C(/C#N)C(=O)NCC1CC1. The second kappa shape index (κ2) is 6.44. The minimum absolute atomic E-state index is 0.0373. The Labute approximate surface area is 125 Å². The number of nitriles is 1. The lowest BCUT2D eigenvalue weighted by Gasteiger charge is -2.02. The molecule has 0 saturated heterocycles. The van der Waals surface area contributed by atoms with E-state index in [0.717, 1.165) is 30.4 Å². The summed E-state index contributed by atoms with van der Waals surface area (Å²) in [4.78, 5) is 24.2. The monoisotopic (exact) mass is 304 g/mol. The number of carbonyl (C=O) groups excluding carboxylic acids is 1. The first-order valence-corrected chi connectivity index (χ1v) is 7.53. The van der Waals surface area contributed by atoms with Gasteiger partial charge in [-0.1, -0.05) is 5.73 Å². The van der Waals surface area contributed by atoms with Crippen LogP contribution < -0.4 is 25.8 Å². The number of amides is 1. The fraction of sp³-hybridized carbons (Fsp3) is 0.429. The molecule has 1 fully saturated rings. The molecule has 0 spiro atoms. The van der Waals surface area contributed by atoms with Crippen molar-refractivity contribution in [3.05, 3.63) is 25.7 Å². The predicted molar refractivity (Wildman–Crippen MR) is 80.4 cm³/mol. The van der Waals surface area contributed by atoms with Crippen molar-refractivity contribution < 1.29 is 4.79 Å². The molecule has 1 aromatic rings. The molecule has 110 valence electrons. The van der Waals surface area contributed by atoms with E-state index < -0.39 is 5.91 Å². The summed E-state index contributed by atoms with van der Waals surface area (Å²) >= 11 is 1.05. The van der Waals surface area contributed by atoms with E-state index in [1.165, 1.54) is 4.57 Å². The average molecular weight is 304 g/mol. The molecule has 3 N–H and O–H groups in total. The number of carbonyl (C=O) groups is 1. The fourth-order valence-corrected chi connectivity index (χ4v) is 2.97. The fourth-order valence-electron chi connectivity index (χ4n) is 1.89. The number of nitrogens with zero attached hydrogens (tertiary/aromatic N) is 2. The first kappa shape index (κ1) is 15.1. The van der Waals surface area contributed by atoms with Gasteiger partial charge in [0.15, 0.2) is 5.57 Å². The topological polar surface area (TPSA) is 101 Å². The van der Waals surface area contributed by atoms with Crippen LogP contribution >= 0.6 is 11.3 Å². The Morgan fingerprint density at radius 2 is 2.33 bits per heavy atom. The largest absolute Gasteiger partial charge is 0.398 e. The summed E-state index contributed by atoms with van der Waals surface area (Å²) in [7, 11) is 0. The maximum Gasteiger partial charge on any atom is 0.277 e. The van der Waals surface area contributed by atoms with Gasteiger partial charge < -0.3 is 11.1 Å². The van der Waals surface area contributed by atoms with Crippen LogP contribution in [0.25, 0.3) is 11.3 Å². The number of rotatable bonds is 4. The first-order valence-electron chi connectivity index (χ1n) is 6.71. The molecule has 1 aromatic heterocycles. The second-order valence-corrected chi connectivity index (χ2v) is 5.74. The van der Waals surface area contributed by atoms with Crippen molar-refractivity contribution in [2.45, 2.75) is 26.3 Å². The van der Waals surface area contributed by atoms with Gasteiger partial charge in [0.2, 0.25) is 0 Å². The molecule has 7 heteroatoms. The Hall–Kier alpha value is -2.29. The molecule has 0 atom stereocenters. The zero-order chi connectivity index (χ0) is 15.4. The van der Waals surface area contributed by atoms with Crippen LogP contribution in [0, 0.1) is 17.2 Å². The van der Waals surface area contributed by atoms with E-state index in [-0.39, 0.29) is 15.7 Å². The molecule has 1 aliphatic carbocycles. The van der Waals surface area contributed by atoms with Gasteiger partial charge in [0.05, 0.1) is 0 Å². The molecule has 2 rings (SSSR count). The van der Waals surface area contributed by atoms with Crippen LogP contribution in [-0.2, 0) is 11.3 Å². The maximum absolute atomic E-state index is 12.1. The second-order valence-electron chi connectivity index (χ2n) is 4.74. The molecular formula is C14H16N4O2S. The lowest BCUT2D eigenvalue weighted by Crippen LogP contribution is -2.34. The van der Waals surface area contributed by atoms with Crippen molar-refractivity contribution in [3.8, 4) is 6.07 Å². The molecule has 0 unspecified atom stereocenters. The van der Waals surface area contributed by atoms with E-state index in [1.807, 2.05) is 6.07 Å². The Bertz CT molecular complexity index is 801. The van der Waals surface area contributed by atoms with Gasteiger partial charge in [-0.25, -0.2) is 0 Å². The van der Waals surface area contributed by atoms with Crippen LogP contribution in [-0.4, -0.2) is 17.0 Å². The highest BCUT2D eigenvalue weighted by molar-refractivity contribution is 7.07. The van der Waals surface area contributed by atoms with Crippen LogP contribution in [0.1, 0.15) is 19.8 Å². The number of thiazole rings is 1. The highest BCUT2D eigenvalue weighted by Crippen LogP contribution is 2.27. The van der Waals surface area contributed by atoms with Crippen LogP contribution in [0.5, 0.6) is 0 Å². The lowest BCUT2D eigenvalue weighted by molar-refractivity contribution is -0.115. The van der Waals surface area contributed by atoms with Gasteiger partial charge >= 0.3 is 0 Å². The average Bonchev–Trinajstić information content (AvgIpc) is 3.25. The Kier molecular flexibility index (Phi) is 4.63. The van der Waals surface area contributed by atoms with Crippen molar-refractivity contribution in [1.82, 2.24) is 9.88 Å². The van der Waals surface area contributed by atoms with E-state index in [1.54, 1.807) is 6.92 Å². The summed E-state index contributed by atoms with van der Waals surface area (Å²) < 4.78 is 2.03. The molecule has 21 heavy (non-hydrogen) atoms. The highest BCUT2D eigenvalue weighted by atomic mass is 32.1. The van der Waals surface area contributed by atoms with Crippen molar-refractivity contribution in [1.29, 1.82) is 5.26 Å². The summed E-state index contributed by atoms with van der Waals surface area (Å²) in [6.07, 6.45) is 3.37. The van der Waals surface area contributed by atoms with E-state index in [4.69, 9.17) is 5.73 Å². The van der Waals surface area contributed by atoms with Gasteiger partial charge in [0.25, 0.3) is 11.5 Å². The van der Waals surface area contributed by atoms with Gasteiger partial charge in [-0.3, -0.25) is 14.2 Å². The van der Waals surface area contributed by atoms with Crippen LogP contribution in [0.15, 0.2) is 11.0 Å². The quantitative estimate of drug-likeness (QED) is 0.743. The normalized spacial score (nSPS) is 14.9. The lowest BCUT2D eigenvalue weighted by atomic mass is 10.3. The van der Waals surface area contributed by atoms with Crippen molar-refractivity contribution in [2.75, 3.05) is 6.54 Å². The van der Waals surface area contributed by atoms with Crippen molar-refractivity contribution >= 4 is 28.5 Å². The minimum atomic E-state index is -0.434. The third-order valence-electron chi connectivity index (χ3n) is 3.21. The first-order chi connectivity index (χ1) is 10.1.